The number of amides is 1. The Morgan fingerprint density at radius 2 is 1.69 bits per heavy atom. The molecule has 0 fully saturated rings. The number of nitrogens with zero attached hydrogens (tertiary/aromatic N) is 1. The van der Waals surface area contributed by atoms with Crippen molar-refractivity contribution in [3.05, 3.63) is 48.0 Å². The van der Waals surface area contributed by atoms with E-state index in [4.69, 9.17) is 14.2 Å². The molecule has 0 unspecified atom stereocenters. The van der Waals surface area contributed by atoms with E-state index in [1.807, 2.05) is 6.07 Å². The van der Waals surface area contributed by atoms with Crippen LogP contribution in [0.2, 0.25) is 0 Å². The molecule has 2 rings (SSSR count). The molecular weight excluding hydrogens is 432 g/mol. The maximum absolute atomic E-state index is 12.5. The molecule has 0 heterocycles. The molecule has 0 spiro atoms. The van der Waals surface area contributed by atoms with Gasteiger partial charge in [-0.1, -0.05) is 19.9 Å². The third-order valence-corrected chi connectivity index (χ3v) is 6.21. The number of carbonyl (C=O) groups excluding carboxylic acids is 1. The number of nitrogens with one attached hydrogen (secondary N) is 1. The standard InChI is InChI=1S/C23H30N2O6S/c1-16(2)15-31-21-10-7-17(13-22(21)30-6)8-12-23(26)24-19-14-18(9-11-20(19)29-5)32(27,28)25(3)4/h7-14,16H,15H2,1-6H3,(H,24,26)/b12-8+. The number of methoxy groups -OCH3 is 2. The van der Waals surface area contributed by atoms with E-state index in [2.05, 4.69) is 19.2 Å². The minimum atomic E-state index is -3.65. The number of rotatable bonds is 10. The predicted octanol–water partition coefficient (Wildman–Crippen LogP) is 3.64. The largest absolute Gasteiger partial charge is 0.495 e. The van der Waals surface area contributed by atoms with E-state index in [0.29, 0.717) is 29.8 Å². The fraction of sp³-hybridized carbons (Fsp3) is 0.348. The molecule has 0 aliphatic rings. The van der Waals surface area contributed by atoms with Gasteiger partial charge in [0, 0.05) is 20.2 Å². The minimum absolute atomic E-state index is 0.0457. The van der Waals surface area contributed by atoms with Crippen LogP contribution in [0.1, 0.15) is 19.4 Å². The molecule has 2 aromatic rings. The van der Waals surface area contributed by atoms with E-state index >= 15 is 0 Å². The Balaban J connectivity index is 2.20. The van der Waals surface area contributed by atoms with Gasteiger partial charge in [-0.3, -0.25) is 4.79 Å². The van der Waals surface area contributed by atoms with E-state index in [9.17, 15) is 13.2 Å². The normalized spacial score (nSPS) is 11.8. The van der Waals surface area contributed by atoms with Gasteiger partial charge in [-0.15, -0.1) is 0 Å². The first-order valence-corrected chi connectivity index (χ1v) is 11.4. The molecule has 0 aliphatic carbocycles. The van der Waals surface area contributed by atoms with Crippen LogP contribution in [-0.4, -0.2) is 53.6 Å². The number of hydrogen-bond donors (Lipinski definition) is 1. The van der Waals surface area contributed by atoms with Crippen LogP contribution in [0.25, 0.3) is 6.08 Å². The Bertz CT molecular complexity index is 1080. The van der Waals surface area contributed by atoms with E-state index in [1.54, 1.807) is 25.3 Å². The molecule has 1 amide bonds. The summed E-state index contributed by atoms with van der Waals surface area (Å²) >= 11 is 0. The van der Waals surface area contributed by atoms with Crippen LogP contribution in [0.3, 0.4) is 0 Å². The second kappa shape index (κ2) is 11.0. The van der Waals surface area contributed by atoms with Crippen molar-refractivity contribution < 1.29 is 27.4 Å². The highest BCUT2D eigenvalue weighted by Gasteiger charge is 2.19. The van der Waals surface area contributed by atoms with Gasteiger partial charge in [0.05, 0.1) is 31.4 Å². The predicted molar refractivity (Wildman–Crippen MR) is 125 cm³/mol. The fourth-order valence-electron chi connectivity index (χ4n) is 2.67. The smallest absolute Gasteiger partial charge is 0.248 e. The molecule has 8 nitrogen and oxygen atoms in total. The lowest BCUT2D eigenvalue weighted by Crippen LogP contribution is -2.22. The van der Waals surface area contributed by atoms with Crippen molar-refractivity contribution in [3.63, 3.8) is 0 Å². The fourth-order valence-corrected chi connectivity index (χ4v) is 3.59. The summed E-state index contributed by atoms with van der Waals surface area (Å²) in [5, 5.41) is 2.67. The maximum atomic E-state index is 12.5. The lowest BCUT2D eigenvalue weighted by molar-refractivity contribution is -0.111. The quantitative estimate of drug-likeness (QED) is 0.542. The van der Waals surface area contributed by atoms with Crippen molar-refractivity contribution in [2.24, 2.45) is 5.92 Å². The Kier molecular flexibility index (Phi) is 8.68. The van der Waals surface area contributed by atoms with Gasteiger partial charge in [-0.05, 0) is 47.9 Å². The molecule has 32 heavy (non-hydrogen) atoms. The van der Waals surface area contributed by atoms with Crippen molar-refractivity contribution >= 4 is 27.7 Å². The minimum Gasteiger partial charge on any atom is -0.495 e. The van der Waals surface area contributed by atoms with Gasteiger partial charge >= 0.3 is 0 Å². The first-order chi connectivity index (χ1) is 15.1. The summed E-state index contributed by atoms with van der Waals surface area (Å²) in [6.07, 6.45) is 2.97. The Hall–Kier alpha value is -3.04. The first-order valence-electron chi connectivity index (χ1n) is 9.99. The van der Waals surface area contributed by atoms with Crippen molar-refractivity contribution in [1.29, 1.82) is 0 Å². The van der Waals surface area contributed by atoms with Crippen LogP contribution in [0.5, 0.6) is 17.2 Å². The summed E-state index contributed by atoms with van der Waals surface area (Å²) in [5.74, 6) is 1.48. The van der Waals surface area contributed by atoms with Gasteiger partial charge in [0.15, 0.2) is 11.5 Å². The maximum Gasteiger partial charge on any atom is 0.248 e. The highest BCUT2D eigenvalue weighted by Crippen LogP contribution is 2.30. The summed E-state index contributed by atoms with van der Waals surface area (Å²) in [4.78, 5) is 12.5. The number of hydrogen-bond acceptors (Lipinski definition) is 6. The Morgan fingerprint density at radius 1 is 1.03 bits per heavy atom. The van der Waals surface area contributed by atoms with Crippen molar-refractivity contribution in [3.8, 4) is 17.2 Å². The molecule has 0 atom stereocenters. The SMILES string of the molecule is COc1ccc(S(=O)(=O)N(C)C)cc1NC(=O)/C=C/c1ccc(OCC(C)C)c(OC)c1. The average molecular weight is 463 g/mol. The third kappa shape index (κ3) is 6.48. The lowest BCUT2D eigenvalue weighted by atomic mass is 10.2. The Labute approximate surface area is 189 Å². The second-order valence-corrected chi connectivity index (χ2v) is 9.74. The van der Waals surface area contributed by atoms with Crippen molar-refractivity contribution in [1.82, 2.24) is 4.31 Å². The van der Waals surface area contributed by atoms with Gasteiger partial charge in [0.1, 0.15) is 5.75 Å². The number of anilines is 1. The van der Waals surface area contributed by atoms with Gasteiger partial charge in [0.25, 0.3) is 0 Å². The van der Waals surface area contributed by atoms with E-state index in [-0.39, 0.29) is 10.6 Å². The van der Waals surface area contributed by atoms with E-state index < -0.39 is 15.9 Å². The summed E-state index contributed by atoms with van der Waals surface area (Å²) in [6, 6.07) is 9.66. The molecule has 2 aromatic carbocycles. The number of ether oxygens (including phenoxy) is 3. The van der Waals surface area contributed by atoms with Gasteiger partial charge in [-0.2, -0.15) is 0 Å². The van der Waals surface area contributed by atoms with Gasteiger partial charge in [0.2, 0.25) is 15.9 Å². The number of sulfonamides is 1. The van der Waals surface area contributed by atoms with Crippen molar-refractivity contribution in [2.45, 2.75) is 18.7 Å². The zero-order valence-corrected chi connectivity index (χ0v) is 20.0. The molecule has 0 bridgehead atoms. The second-order valence-electron chi connectivity index (χ2n) is 7.59. The lowest BCUT2D eigenvalue weighted by Gasteiger charge is -2.14. The topological polar surface area (TPSA) is 94.2 Å². The Morgan fingerprint density at radius 3 is 2.28 bits per heavy atom. The molecule has 174 valence electrons. The zero-order valence-electron chi connectivity index (χ0n) is 19.2. The summed E-state index contributed by atoms with van der Waals surface area (Å²) in [7, 11) is 2.22. The van der Waals surface area contributed by atoms with Crippen LogP contribution in [0, 0.1) is 5.92 Å². The van der Waals surface area contributed by atoms with Crippen LogP contribution in [0.4, 0.5) is 5.69 Å². The monoisotopic (exact) mass is 462 g/mol. The van der Waals surface area contributed by atoms with Crippen LogP contribution >= 0.6 is 0 Å². The molecule has 0 saturated carbocycles. The number of carbonyl (C=O) groups is 1. The van der Waals surface area contributed by atoms with Crippen LogP contribution in [-0.2, 0) is 14.8 Å². The van der Waals surface area contributed by atoms with E-state index in [0.717, 1.165) is 9.87 Å². The molecular formula is C23H30N2O6S. The van der Waals surface area contributed by atoms with E-state index in [1.165, 1.54) is 45.5 Å². The third-order valence-electron chi connectivity index (χ3n) is 4.39. The summed E-state index contributed by atoms with van der Waals surface area (Å²) in [6.45, 7) is 4.68. The van der Waals surface area contributed by atoms with Crippen LogP contribution < -0.4 is 19.5 Å². The summed E-state index contributed by atoms with van der Waals surface area (Å²) < 4.78 is 42.2. The van der Waals surface area contributed by atoms with Gasteiger partial charge < -0.3 is 19.5 Å². The van der Waals surface area contributed by atoms with Crippen LogP contribution in [0.15, 0.2) is 47.4 Å². The molecule has 0 saturated heterocycles. The molecule has 9 heteroatoms. The molecule has 0 radical (unpaired) electrons. The molecule has 0 aromatic heterocycles. The van der Waals surface area contributed by atoms with Gasteiger partial charge in [-0.25, -0.2) is 12.7 Å². The highest BCUT2D eigenvalue weighted by atomic mass is 32.2. The molecule has 0 aliphatic heterocycles. The first kappa shape index (κ1) is 25.2. The average Bonchev–Trinajstić information content (AvgIpc) is 2.76. The molecule has 1 N–H and O–H groups in total. The summed E-state index contributed by atoms with van der Waals surface area (Å²) in [5.41, 5.74) is 0.991. The zero-order chi connectivity index (χ0) is 23.9. The van der Waals surface area contributed by atoms with Crippen molar-refractivity contribution in [2.75, 3.05) is 40.2 Å². The highest BCUT2D eigenvalue weighted by molar-refractivity contribution is 7.89. The number of benzene rings is 2.